The molecule has 2 aromatic heterocycles. The van der Waals surface area contributed by atoms with Crippen LogP contribution < -0.4 is 11.1 Å². The largest absolute Gasteiger partial charge is 0.437 e. The Morgan fingerprint density at radius 1 is 1.17 bits per heavy atom. The third-order valence-electron chi connectivity index (χ3n) is 4.76. The van der Waals surface area contributed by atoms with Gasteiger partial charge in [-0.25, -0.2) is 4.79 Å². The summed E-state index contributed by atoms with van der Waals surface area (Å²) in [5.74, 6) is -0.417. The summed E-state index contributed by atoms with van der Waals surface area (Å²) in [6.07, 6.45) is 0.738. The predicted octanol–water partition coefficient (Wildman–Crippen LogP) is 3.68. The van der Waals surface area contributed by atoms with Gasteiger partial charge < -0.3 is 9.73 Å². The molecule has 2 aromatic carbocycles. The lowest BCUT2D eigenvalue weighted by Gasteiger charge is -2.12. The van der Waals surface area contributed by atoms with Gasteiger partial charge in [0.2, 0.25) is 5.89 Å². The number of nitrogens with zero attached hydrogens (tertiary/aromatic N) is 4. The molecule has 0 aliphatic carbocycles. The summed E-state index contributed by atoms with van der Waals surface area (Å²) in [5, 5.41) is 10.9. The molecule has 8 nitrogen and oxygen atoms in total. The van der Waals surface area contributed by atoms with E-state index < -0.39 is 5.76 Å². The van der Waals surface area contributed by atoms with Gasteiger partial charge in [0.1, 0.15) is 4.88 Å². The highest BCUT2D eigenvalue weighted by Crippen LogP contribution is 2.32. The number of amides is 1. The molecule has 0 saturated carbocycles. The third-order valence-corrected chi connectivity index (χ3v) is 5.59. The van der Waals surface area contributed by atoms with Crippen molar-refractivity contribution < 1.29 is 9.21 Å². The third kappa shape index (κ3) is 3.67. The van der Waals surface area contributed by atoms with Crippen molar-refractivity contribution in [3.63, 3.8) is 0 Å². The Labute approximate surface area is 176 Å². The number of hydrogen-bond acceptors (Lipinski definition) is 7. The van der Waals surface area contributed by atoms with E-state index in [0.29, 0.717) is 22.1 Å². The SMILES string of the molecule is CCc1c(-c2ccc(NC(=O)c3snnc3C)cc2)cccc1-c1nn(C)c(=O)o1. The average Bonchev–Trinajstić information content (AvgIpc) is 3.33. The molecule has 2 heterocycles. The van der Waals surface area contributed by atoms with Crippen LogP contribution in [-0.4, -0.2) is 25.3 Å². The van der Waals surface area contributed by atoms with E-state index in [1.165, 1.54) is 4.68 Å². The van der Waals surface area contributed by atoms with E-state index in [4.69, 9.17) is 4.42 Å². The van der Waals surface area contributed by atoms with Gasteiger partial charge >= 0.3 is 5.76 Å². The van der Waals surface area contributed by atoms with E-state index in [1.807, 2.05) is 49.4 Å². The van der Waals surface area contributed by atoms with Crippen LogP contribution in [0.5, 0.6) is 0 Å². The van der Waals surface area contributed by atoms with E-state index in [9.17, 15) is 9.59 Å². The maximum absolute atomic E-state index is 12.4. The Hall–Kier alpha value is -3.59. The molecule has 0 aliphatic heterocycles. The van der Waals surface area contributed by atoms with Gasteiger partial charge in [0, 0.05) is 18.3 Å². The first kappa shape index (κ1) is 19.7. The highest BCUT2D eigenvalue weighted by molar-refractivity contribution is 7.08. The number of aromatic nitrogens is 4. The number of anilines is 1. The van der Waals surface area contributed by atoms with Crippen LogP contribution in [-0.2, 0) is 13.5 Å². The maximum Gasteiger partial charge on any atom is 0.437 e. The van der Waals surface area contributed by atoms with Crippen LogP contribution in [0.4, 0.5) is 5.69 Å². The predicted molar refractivity (Wildman–Crippen MR) is 115 cm³/mol. The zero-order valence-corrected chi connectivity index (χ0v) is 17.5. The van der Waals surface area contributed by atoms with Crippen molar-refractivity contribution in [2.24, 2.45) is 7.05 Å². The van der Waals surface area contributed by atoms with Gasteiger partial charge in [-0.15, -0.1) is 10.2 Å². The van der Waals surface area contributed by atoms with Crippen LogP contribution >= 0.6 is 11.5 Å². The number of hydrogen-bond donors (Lipinski definition) is 1. The second kappa shape index (κ2) is 8.03. The number of benzene rings is 2. The Morgan fingerprint density at radius 3 is 2.50 bits per heavy atom. The fourth-order valence-corrected chi connectivity index (χ4v) is 3.81. The van der Waals surface area contributed by atoms with E-state index >= 15 is 0 Å². The van der Waals surface area contributed by atoms with Gasteiger partial charge in [-0.2, -0.15) is 4.68 Å². The van der Waals surface area contributed by atoms with Gasteiger partial charge in [0.25, 0.3) is 5.91 Å². The lowest BCUT2D eigenvalue weighted by molar-refractivity contribution is 0.103. The summed E-state index contributed by atoms with van der Waals surface area (Å²) in [5.41, 5.74) is 5.12. The minimum atomic E-state index is -0.496. The number of carbonyl (C=O) groups excluding carboxylic acids is 1. The zero-order valence-electron chi connectivity index (χ0n) is 16.7. The second-order valence-electron chi connectivity index (χ2n) is 6.70. The van der Waals surface area contributed by atoms with E-state index in [1.54, 1.807) is 14.0 Å². The Kier molecular flexibility index (Phi) is 5.28. The molecule has 0 atom stereocenters. The van der Waals surface area contributed by atoms with Gasteiger partial charge in [0.15, 0.2) is 0 Å². The molecule has 0 saturated heterocycles. The van der Waals surface area contributed by atoms with Crippen LogP contribution in [0.25, 0.3) is 22.6 Å². The molecule has 152 valence electrons. The van der Waals surface area contributed by atoms with Gasteiger partial charge in [-0.1, -0.05) is 35.7 Å². The summed E-state index contributed by atoms with van der Waals surface area (Å²) in [6.45, 7) is 3.80. The number of carbonyl (C=O) groups is 1. The smallest absolute Gasteiger partial charge is 0.388 e. The molecule has 1 amide bonds. The first-order valence-electron chi connectivity index (χ1n) is 9.35. The van der Waals surface area contributed by atoms with Gasteiger partial charge in [-0.05, 0) is 59.8 Å². The van der Waals surface area contributed by atoms with Crippen LogP contribution in [0.15, 0.2) is 51.7 Å². The van der Waals surface area contributed by atoms with E-state index in [2.05, 4.69) is 20.0 Å². The van der Waals surface area contributed by atoms with Crippen LogP contribution in [0.2, 0.25) is 0 Å². The second-order valence-corrected chi connectivity index (χ2v) is 7.46. The molecule has 1 N–H and O–H groups in total. The Morgan fingerprint density at radius 2 is 1.90 bits per heavy atom. The summed E-state index contributed by atoms with van der Waals surface area (Å²) < 4.78 is 10.3. The fourth-order valence-electron chi connectivity index (χ4n) is 3.25. The van der Waals surface area contributed by atoms with Gasteiger partial charge in [-0.3, -0.25) is 4.79 Å². The molecule has 4 aromatic rings. The first-order chi connectivity index (χ1) is 14.5. The fraction of sp³-hybridized carbons (Fsp3) is 0.190. The zero-order chi connectivity index (χ0) is 21.3. The Bertz CT molecular complexity index is 1270. The molecular formula is C21H19N5O3S. The highest BCUT2D eigenvalue weighted by Gasteiger charge is 2.16. The molecule has 0 unspecified atom stereocenters. The summed E-state index contributed by atoms with van der Waals surface area (Å²) >= 11 is 1.07. The molecule has 0 aliphatic rings. The van der Waals surface area contributed by atoms with Gasteiger partial charge in [0.05, 0.1) is 5.69 Å². The molecule has 0 fully saturated rings. The van der Waals surface area contributed by atoms with Crippen molar-refractivity contribution in [1.29, 1.82) is 0 Å². The monoisotopic (exact) mass is 421 g/mol. The van der Waals surface area contributed by atoms with Crippen molar-refractivity contribution in [1.82, 2.24) is 19.4 Å². The van der Waals surface area contributed by atoms with Crippen molar-refractivity contribution in [2.75, 3.05) is 5.32 Å². The molecule has 0 spiro atoms. The minimum Gasteiger partial charge on any atom is -0.388 e. The van der Waals surface area contributed by atoms with Crippen molar-refractivity contribution in [3.8, 4) is 22.6 Å². The number of rotatable bonds is 5. The molecular weight excluding hydrogens is 402 g/mol. The number of nitrogens with one attached hydrogen (secondary N) is 1. The summed E-state index contributed by atoms with van der Waals surface area (Å²) in [6, 6.07) is 13.4. The van der Waals surface area contributed by atoms with Crippen molar-refractivity contribution in [2.45, 2.75) is 20.3 Å². The standard InChI is InChI=1S/C21H19N5O3S/c1-4-15-16(6-5-7-17(15)20-24-26(3)21(28)29-20)13-8-10-14(11-9-13)22-19(27)18-12(2)23-25-30-18/h5-11H,4H2,1-3H3,(H,22,27). The van der Waals surface area contributed by atoms with E-state index in [-0.39, 0.29) is 5.91 Å². The molecule has 0 bridgehead atoms. The quantitative estimate of drug-likeness (QED) is 0.527. The van der Waals surface area contributed by atoms with Crippen molar-refractivity contribution >= 4 is 23.1 Å². The Balaban J connectivity index is 1.64. The normalized spacial score (nSPS) is 10.9. The molecule has 4 rings (SSSR count). The minimum absolute atomic E-state index is 0.225. The molecule has 30 heavy (non-hydrogen) atoms. The summed E-state index contributed by atoms with van der Waals surface area (Å²) in [7, 11) is 1.56. The van der Waals surface area contributed by atoms with E-state index in [0.717, 1.165) is 40.2 Å². The molecule has 9 heteroatoms. The number of aryl methyl sites for hydroxylation is 2. The molecule has 0 radical (unpaired) electrons. The van der Waals surface area contributed by atoms with Crippen LogP contribution in [0.3, 0.4) is 0 Å². The maximum atomic E-state index is 12.4. The lowest BCUT2D eigenvalue weighted by atomic mass is 9.93. The highest BCUT2D eigenvalue weighted by atomic mass is 32.1. The topological polar surface area (TPSA) is 103 Å². The first-order valence-corrected chi connectivity index (χ1v) is 10.1. The van der Waals surface area contributed by atoms with Crippen LogP contribution in [0, 0.1) is 6.92 Å². The lowest BCUT2D eigenvalue weighted by Crippen LogP contribution is -2.11. The van der Waals surface area contributed by atoms with Crippen LogP contribution in [0.1, 0.15) is 27.9 Å². The van der Waals surface area contributed by atoms with Crippen molar-refractivity contribution in [3.05, 3.63) is 69.1 Å². The average molecular weight is 421 g/mol. The summed E-state index contributed by atoms with van der Waals surface area (Å²) in [4.78, 5) is 24.5.